The molecule has 1 aromatic heterocycles. The van der Waals surface area contributed by atoms with E-state index in [2.05, 4.69) is 16.8 Å². The summed E-state index contributed by atoms with van der Waals surface area (Å²) in [5.74, 6) is 2.39. The fourth-order valence-corrected chi connectivity index (χ4v) is 3.87. The van der Waals surface area contributed by atoms with Gasteiger partial charge in [0, 0.05) is 58.8 Å². The van der Waals surface area contributed by atoms with Crippen LogP contribution in [-0.4, -0.2) is 86.1 Å². The van der Waals surface area contributed by atoms with Crippen LogP contribution in [0.1, 0.15) is 11.3 Å². The average Bonchev–Trinajstić information content (AvgIpc) is 2.77. The van der Waals surface area contributed by atoms with Gasteiger partial charge in [0.1, 0.15) is 11.6 Å². The molecule has 0 saturated carbocycles. The minimum Gasteiger partial charge on any atom is -0.484 e. The summed E-state index contributed by atoms with van der Waals surface area (Å²) in [4.78, 5) is 31.0. The fraction of sp³-hybridized carbons (Fsp3) is 0.500. The van der Waals surface area contributed by atoms with Crippen molar-refractivity contribution in [1.29, 1.82) is 0 Å². The quantitative estimate of drug-likeness (QED) is 0.735. The maximum absolute atomic E-state index is 12.7. The Kier molecular flexibility index (Phi) is 6.03. The van der Waals surface area contributed by atoms with Gasteiger partial charge in [-0.3, -0.25) is 4.79 Å². The predicted octanol–water partition coefficient (Wildman–Crippen LogP) is 1.26. The van der Waals surface area contributed by atoms with E-state index in [1.165, 1.54) is 0 Å². The van der Waals surface area contributed by atoms with Crippen molar-refractivity contribution in [3.8, 4) is 5.75 Å². The molecule has 0 bridgehead atoms. The summed E-state index contributed by atoms with van der Waals surface area (Å²) >= 11 is 0. The van der Waals surface area contributed by atoms with Gasteiger partial charge in [-0.25, -0.2) is 4.98 Å². The van der Waals surface area contributed by atoms with Crippen molar-refractivity contribution in [2.24, 2.45) is 0 Å². The topological polar surface area (TPSA) is 65.0 Å². The molecule has 1 amide bonds. The largest absolute Gasteiger partial charge is 0.484 e. The zero-order valence-corrected chi connectivity index (χ0v) is 18.0. The van der Waals surface area contributed by atoms with E-state index >= 15 is 0 Å². The summed E-state index contributed by atoms with van der Waals surface area (Å²) in [5.41, 5.74) is 2.09. The van der Waals surface area contributed by atoms with Crippen molar-refractivity contribution in [1.82, 2.24) is 19.8 Å². The standard InChI is InChI=1S/C22H30N6O2/c1-25(2)21-18-15-28(20(29)16-30-17-7-5-4-6-8-17)10-9-19(18)23-22(24-21)27-13-11-26(3)12-14-27/h4-8H,9-16H2,1-3H3. The number of carbonyl (C=O) groups is 1. The van der Waals surface area contributed by atoms with Crippen LogP contribution >= 0.6 is 0 Å². The number of nitrogens with zero attached hydrogens (tertiary/aromatic N) is 6. The first-order chi connectivity index (χ1) is 14.5. The van der Waals surface area contributed by atoms with E-state index in [0.29, 0.717) is 18.8 Å². The van der Waals surface area contributed by atoms with Crippen LogP contribution < -0.4 is 14.5 Å². The van der Waals surface area contributed by atoms with Crippen LogP contribution in [0.4, 0.5) is 11.8 Å². The third-order valence-electron chi connectivity index (χ3n) is 5.69. The Labute approximate surface area is 178 Å². The van der Waals surface area contributed by atoms with Gasteiger partial charge in [0.15, 0.2) is 6.61 Å². The number of amides is 1. The summed E-state index contributed by atoms with van der Waals surface area (Å²) in [7, 11) is 6.13. The number of rotatable bonds is 5. The van der Waals surface area contributed by atoms with Crippen LogP contribution in [-0.2, 0) is 17.8 Å². The minimum atomic E-state index is -0.0163. The number of carbonyl (C=O) groups excluding carboxylic acids is 1. The van der Waals surface area contributed by atoms with E-state index in [9.17, 15) is 4.79 Å². The molecule has 160 valence electrons. The third kappa shape index (κ3) is 4.48. The normalized spacial score (nSPS) is 16.9. The summed E-state index contributed by atoms with van der Waals surface area (Å²) < 4.78 is 5.65. The second-order valence-electron chi connectivity index (χ2n) is 8.12. The van der Waals surface area contributed by atoms with Gasteiger partial charge in [-0.05, 0) is 19.2 Å². The molecule has 0 N–H and O–H groups in total. The molecule has 1 saturated heterocycles. The Hall–Kier alpha value is -2.87. The van der Waals surface area contributed by atoms with Crippen molar-refractivity contribution in [2.75, 3.05) is 70.3 Å². The van der Waals surface area contributed by atoms with Crippen LogP contribution in [0.5, 0.6) is 5.75 Å². The number of likely N-dealkylation sites (N-methyl/N-ethyl adjacent to an activating group) is 1. The zero-order chi connectivity index (χ0) is 21.1. The van der Waals surface area contributed by atoms with Crippen molar-refractivity contribution < 1.29 is 9.53 Å². The molecule has 8 heteroatoms. The lowest BCUT2D eigenvalue weighted by atomic mass is 10.1. The summed E-state index contributed by atoms with van der Waals surface area (Å²) in [6.45, 7) is 5.10. The SMILES string of the molecule is CN1CCN(c2nc3c(c(N(C)C)n2)CN(C(=O)COc2ccccc2)CC3)CC1. The highest BCUT2D eigenvalue weighted by molar-refractivity contribution is 5.78. The molecule has 30 heavy (non-hydrogen) atoms. The Bertz CT molecular complexity index is 881. The maximum atomic E-state index is 12.7. The third-order valence-corrected chi connectivity index (χ3v) is 5.69. The highest BCUT2D eigenvalue weighted by Crippen LogP contribution is 2.28. The summed E-state index contributed by atoms with van der Waals surface area (Å²) in [6.07, 6.45) is 0.733. The van der Waals surface area contributed by atoms with E-state index in [1.807, 2.05) is 54.2 Å². The molecule has 2 aliphatic heterocycles. The first-order valence-electron chi connectivity index (χ1n) is 10.5. The molecule has 2 aliphatic rings. The molecule has 4 rings (SSSR count). The Morgan fingerprint density at radius 1 is 1.07 bits per heavy atom. The molecule has 0 unspecified atom stereocenters. The molecule has 0 radical (unpaired) electrons. The van der Waals surface area contributed by atoms with Crippen LogP contribution in [0.2, 0.25) is 0 Å². The van der Waals surface area contributed by atoms with Gasteiger partial charge in [-0.15, -0.1) is 0 Å². The number of benzene rings is 1. The molecule has 0 atom stereocenters. The van der Waals surface area contributed by atoms with Gasteiger partial charge >= 0.3 is 0 Å². The lowest BCUT2D eigenvalue weighted by molar-refractivity contribution is -0.134. The molecular weight excluding hydrogens is 380 g/mol. The second kappa shape index (κ2) is 8.87. The number of hydrogen-bond donors (Lipinski definition) is 0. The molecule has 0 aliphatic carbocycles. The van der Waals surface area contributed by atoms with E-state index in [1.54, 1.807) is 0 Å². The second-order valence-corrected chi connectivity index (χ2v) is 8.12. The Balaban J connectivity index is 1.49. The van der Waals surface area contributed by atoms with Gasteiger partial charge in [0.05, 0.1) is 12.2 Å². The lowest BCUT2D eigenvalue weighted by Gasteiger charge is -2.35. The number of para-hydroxylation sites is 1. The molecule has 2 aromatic rings. The van der Waals surface area contributed by atoms with Crippen LogP contribution in [0, 0.1) is 0 Å². The molecule has 1 aromatic carbocycles. The van der Waals surface area contributed by atoms with Gasteiger partial charge in [0.25, 0.3) is 5.91 Å². The van der Waals surface area contributed by atoms with E-state index in [-0.39, 0.29) is 12.5 Å². The first kappa shape index (κ1) is 20.4. The fourth-order valence-electron chi connectivity index (χ4n) is 3.87. The summed E-state index contributed by atoms with van der Waals surface area (Å²) in [6, 6.07) is 9.44. The number of hydrogen-bond acceptors (Lipinski definition) is 7. The smallest absolute Gasteiger partial charge is 0.260 e. The van der Waals surface area contributed by atoms with Gasteiger partial charge in [-0.2, -0.15) is 4.98 Å². The van der Waals surface area contributed by atoms with E-state index in [0.717, 1.165) is 55.6 Å². The molecule has 1 fully saturated rings. The Morgan fingerprint density at radius 3 is 2.50 bits per heavy atom. The van der Waals surface area contributed by atoms with Gasteiger partial charge in [0.2, 0.25) is 5.95 Å². The van der Waals surface area contributed by atoms with Crippen LogP contribution in [0.15, 0.2) is 30.3 Å². The molecule has 0 spiro atoms. The number of anilines is 2. The van der Waals surface area contributed by atoms with Crippen molar-refractivity contribution in [3.63, 3.8) is 0 Å². The zero-order valence-electron chi connectivity index (χ0n) is 18.0. The minimum absolute atomic E-state index is 0.0163. The number of aromatic nitrogens is 2. The highest BCUT2D eigenvalue weighted by atomic mass is 16.5. The average molecular weight is 411 g/mol. The monoisotopic (exact) mass is 410 g/mol. The van der Waals surface area contributed by atoms with Crippen molar-refractivity contribution in [2.45, 2.75) is 13.0 Å². The number of fused-ring (bicyclic) bond motifs is 1. The van der Waals surface area contributed by atoms with Crippen molar-refractivity contribution >= 4 is 17.7 Å². The van der Waals surface area contributed by atoms with Crippen LogP contribution in [0.25, 0.3) is 0 Å². The van der Waals surface area contributed by atoms with E-state index < -0.39 is 0 Å². The number of piperazine rings is 1. The van der Waals surface area contributed by atoms with Crippen molar-refractivity contribution in [3.05, 3.63) is 41.6 Å². The molecular formula is C22H30N6O2. The van der Waals surface area contributed by atoms with Gasteiger partial charge in [-0.1, -0.05) is 18.2 Å². The predicted molar refractivity (Wildman–Crippen MR) is 117 cm³/mol. The van der Waals surface area contributed by atoms with Gasteiger partial charge < -0.3 is 24.3 Å². The number of ether oxygens (including phenoxy) is 1. The Morgan fingerprint density at radius 2 is 1.80 bits per heavy atom. The maximum Gasteiger partial charge on any atom is 0.260 e. The molecule has 8 nitrogen and oxygen atoms in total. The first-order valence-corrected chi connectivity index (χ1v) is 10.5. The lowest BCUT2D eigenvalue weighted by Crippen LogP contribution is -2.46. The van der Waals surface area contributed by atoms with Crippen LogP contribution in [0.3, 0.4) is 0 Å². The molecule has 3 heterocycles. The highest BCUT2D eigenvalue weighted by Gasteiger charge is 2.28. The van der Waals surface area contributed by atoms with E-state index in [4.69, 9.17) is 14.7 Å². The summed E-state index contributed by atoms with van der Waals surface area (Å²) in [5, 5.41) is 0.